The maximum absolute atomic E-state index is 13.3. The molecule has 4 rings (SSSR count). The molecule has 2 atom stereocenters. The molecule has 148 valence electrons. The molecule has 1 saturated heterocycles. The van der Waals surface area contributed by atoms with Crippen molar-refractivity contribution in [2.45, 2.75) is 50.7 Å². The van der Waals surface area contributed by atoms with Crippen LogP contribution in [0.3, 0.4) is 0 Å². The van der Waals surface area contributed by atoms with Gasteiger partial charge in [-0.15, -0.1) is 0 Å². The fraction of sp³-hybridized carbons (Fsp3) is 0.458. The Labute approximate surface area is 167 Å². The summed E-state index contributed by atoms with van der Waals surface area (Å²) in [6.45, 7) is 2.08. The van der Waals surface area contributed by atoms with Crippen molar-refractivity contribution in [2.24, 2.45) is 0 Å². The van der Waals surface area contributed by atoms with Crippen LogP contribution < -0.4 is 4.74 Å². The lowest BCUT2D eigenvalue weighted by molar-refractivity contribution is -0.133. The van der Waals surface area contributed by atoms with Crippen LogP contribution in [0.15, 0.2) is 48.5 Å². The van der Waals surface area contributed by atoms with Crippen molar-refractivity contribution >= 4 is 5.91 Å². The Hall–Kier alpha value is -2.33. The SMILES string of the molecule is COc1cccc(CN(CC2CCCO2)C(=O)CC2CCc3ccccc32)c1. The first kappa shape index (κ1) is 19.0. The van der Waals surface area contributed by atoms with Crippen LogP contribution in [0.25, 0.3) is 0 Å². The van der Waals surface area contributed by atoms with Crippen molar-refractivity contribution < 1.29 is 14.3 Å². The highest BCUT2D eigenvalue weighted by atomic mass is 16.5. The lowest BCUT2D eigenvalue weighted by Gasteiger charge is -2.27. The third-order valence-electron chi connectivity index (χ3n) is 5.99. The van der Waals surface area contributed by atoms with Gasteiger partial charge in [0.15, 0.2) is 0 Å². The second-order valence-corrected chi connectivity index (χ2v) is 7.90. The first-order valence-electron chi connectivity index (χ1n) is 10.3. The highest BCUT2D eigenvalue weighted by Gasteiger charge is 2.28. The summed E-state index contributed by atoms with van der Waals surface area (Å²) in [7, 11) is 1.67. The normalized spacial score (nSPS) is 20.8. The van der Waals surface area contributed by atoms with Crippen molar-refractivity contribution in [1.29, 1.82) is 0 Å². The van der Waals surface area contributed by atoms with Crippen molar-refractivity contribution in [2.75, 3.05) is 20.3 Å². The molecule has 1 aliphatic heterocycles. The minimum absolute atomic E-state index is 0.158. The first-order chi connectivity index (χ1) is 13.7. The number of hydrogen-bond donors (Lipinski definition) is 0. The summed E-state index contributed by atoms with van der Waals surface area (Å²) < 4.78 is 11.2. The van der Waals surface area contributed by atoms with Gasteiger partial charge in [-0.05, 0) is 60.4 Å². The Balaban J connectivity index is 1.48. The van der Waals surface area contributed by atoms with E-state index in [1.807, 2.05) is 23.1 Å². The van der Waals surface area contributed by atoms with Gasteiger partial charge in [0.2, 0.25) is 5.91 Å². The number of fused-ring (bicyclic) bond motifs is 1. The molecule has 1 fully saturated rings. The Bertz CT molecular complexity index is 813. The number of methoxy groups -OCH3 is 1. The minimum atomic E-state index is 0.158. The second-order valence-electron chi connectivity index (χ2n) is 7.90. The monoisotopic (exact) mass is 379 g/mol. The zero-order valence-electron chi connectivity index (χ0n) is 16.6. The smallest absolute Gasteiger partial charge is 0.223 e. The predicted molar refractivity (Wildman–Crippen MR) is 110 cm³/mol. The van der Waals surface area contributed by atoms with E-state index in [9.17, 15) is 4.79 Å². The lowest BCUT2D eigenvalue weighted by atomic mass is 9.97. The molecule has 4 heteroatoms. The van der Waals surface area contributed by atoms with Gasteiger partial charge in [0.1, 0.15) is 5.75 Å². The van der Waals surface area contributed by atoms with Gasteiger partial charge in [-0.1, -0.05) is 36.4 Å². The van der Waals surface area contributed by atoms with Crippen molar-refractivity contribution in [3.05, 3.63) is 65.2 Å². The van der Waals surface area contributed by atoms with E-state index in [4.69, 9.17) is 9.47 Å². The molecule has 0 radical (unpaired) electrons. The molecule has 0 N–H and O–H groups in total. The largest absolute Gasteiger partial charge is 0.497 e. The van der Waals surface area contributed by atoms with Crippen molar-refractivity contribution in [3.63, 3.8) is 0 Å². The zero-order chi connectivity index (χ0) is 19.3. The second kappa shape index (κ2) is 8.78. The van der Waals surface area contributed by atoms with Crippen LogP contribution in [0.5, 0.6) is 5.75 Å². The van der Waals surface area contributed by atoms with Crippen LogP contribution in [0, 0.1) is 0 Å². The molecular weight excluding hydrogens is 350 g/mol. The van der Waals surface area contributed by atoms with E-state index in [2.05, 4.69) is 30.3 Å². The molecule has 1 amide bonds. The minimum Gasteiger partial charge on any atom is -0.497 e. The number of nitrogens with zero attached hydrogens (tertiary/aromatic N) is 1. The molecular formula is C24H29NO3. The number of amides is 1. The van der Waals surface area contributed by atoms with Gasteiger partial charge < -0.3 is 14.4 Å². The van der Waals surface area contributed by atoms with Gasteiger partial charge >= 0.3 is 0 Å². The average molecular weight is 380 g/mol. The van der Waals surface area contributed by atoms with Crippen LogP contribution in [0.4, 0.5) is 0 Å². The maximum atomic E-state index is 13.3. The highest BCUT2D eigenvalue weighted by molar-refractivity contribution is 5.77. The van der Waals surface area contributed by atoms with Gasteiger partial charge in [-0.3, -0.25) is 4.79 Å². The quantitative estimate of drug-likeness (QED) is 0.719. The molecule has 28 heavy (non-hydrogen) atoms. The maximum Gasteiger partial charge on any atom is 0.223 e. The topological polar surface area (TPSA) is 38.8 Å². The van der Waals surface area contributed by atoms with Gasteiger partial charge in [0.25, 0.3) is 0 Å². The summed E-state index contributed by atoms with van der Waals surface area (Å²) in [6.07, 6.45) is 5.00. The van der Waals surface area contributed by atoms with Crippen LogP contribution >= 0.6 is 0 Å². The van der Waals surface area contributed by atoms with Gasteiger partial charge in [-0.2, -0.15) is 0 Å². The van der Waals surface area contributed by atoms with E-state index in [0.29, 0.717) is 25.4 Å². The molecule has 2 aromatic rings. The summed E-state index contributed by atoms with van der Waals surface area (Å²) in [5.74, 6) is 1.38. The number of aryl methyl sites for hydroxylation is 1. The average Bonchev–Trinajstić information content (AvgIpc) is 3.38. The molecule has 0 bridgehead atoms. The van der Waals surface area contributed by atoms with Crippen molar-refractivity contribution in [3.8, 4) is 5.75 Å². The van der Waals surface area contributed by atoms with E-state index in [1.165, 1.54) is 11.1 Å². The van der Waals surface area contributed by atoms with E-state index in [1.54, 1.807) is 7.11 Å². The van der Waals surface area contributed by atoms with E-state index in [0.717, 1.165) is 43.6 Å². The summed E-state index contributed by atoms with van der Waals surface area (Å²) in [6, 6.07) is 16.6. The number of ether oxygens (including phenoxy) is 2. The highest BCUT2D eigenvalue weighted by Crippen LogP contribution is 2.35. The van der Waals surface area contributed by atoms with Gasteiger partial charge in [0, 0.05) is 26.1 Å². The van der Waals surface area contributed by atoms with Crippen LogP contribution in [-0.4, -0.2) is 37.2 Å². The number of rotatable bonds is 7. The molecule has 0 spiro atoms. The third-order valence-corrected chi connectivity index (χ3v) is 5.99. The van der Waals surface area contributed by atoms with E-state index >= 15 is 0 Å². The fourth-order valence-corrected chi connectivity index (χ4v) is 4.48. The third kappa shape index (κ3) is 4.39. The van der Waals surface area contributed by atoms with E-state index < -0.39 is 0 Å². The standard InChI is InChI=1S/C24H29NO3/c1-27-21-8-4-6-18(14-21)16-25(17-22-9-5-13-28-22)24(26)15-20-12-11-19-7-2-3-10-23(19)20/h2-4,6-8,10,14,20,22H,5,9,11-13,15-17H2,1H3. The van der Waals surface area contributed by atoms with Crippen LogP contribution in [-0.2, 0) is 22.5 Å². The Morgan fingerprint density at radius 3 is 2.89 bits per heavy atom. The Morgan fingerprint density at radius 2 is 2.07 bits per heavy atom. The number of benzene rings is 2. The molecule has 0 aromatic heterocycles. The lowest BCUT2D eigenvalue weighted by Crippen LogP contribution is -2.37. The Morgan fingerprint density at radius 1 is 1.18 bits per heavy atom. The summed E-state index contributed by atoms with van der Waals surface area (Å²) >= 11 is 0. The summed E-state index contributed by atoms with van der Waals surface area (Å²) in [5.41, 5.74) is 3.85. The summed E-state index contributed by atoms with van der Waals surface area (Å²) in [4.78, 5) is 15.3. The van der Waals surface area contributed by atoms with Gasteiger partial charge in [0.05, 0.1) is 13.2 Å². The van der Waals surface area contributed by atoms with E-state index in [-0.39, 0.29) is 12.0 Å². The Kier molecular flexibility index (Phi) is 5.96. The van der Waals surface area contributed by atoms with Crippen molar-refractivity contribution in [1.82, 2.24) is 4.90 Å². The molecule has 2 aliphatic rings. The number of hydrogen-bond acceptors (Lipinski definition) is 3. The van der Waals surface area contributed by atoms with Crippen LogP contribution in [0.1, 0.15) is 48.3 Å². The molecule has 1 heterocycles. The molecule has 1 aliphatic carbocycles. The van der Waals surface area contributed by atoms with Crippen LogP contribution in [0.2, 0.25) is 0 Å². The fourth-order valence-electron chi connectivity index (χ4n) is 4.48. The zero-order valence-corrected chi connectivity index (χ0v) is 16.6. The summed E-state index contributed by atoms with van der Waals surface area (Å²) in [5, 5.41) is 0. The molecule has 0 saturated carbocycles. The molecule has 2 aromatic carbocycles. The predicted octanol–water partition coefficient (Wildman–Crippen LogP) is 4.32. The first-order valence-corrected chi connectivity index (χ1v) is 10.3. The van der Waals surface area contributed by atoms with Gasteiger partial charge in [-0.25, -0.2) is 0 Å². The number of carbonyl (C=O) groups excluding carboxylic acids is 1. The number of carbonyl (C=O) groups is 1. The molecule has 4 nitrogen and oxygen atoms in total. The molecule has 2 unspecified atom stereocenters.